The molecule has 0 aliphatic heterocycles. The molecule has 0 amide bonds. The summed E-state index contributed by atoms with van der Waals surface area (Å²) in [5, 5.41) is 3.82. The Bertz CT molecular complexity index is 198. The first kappa shape index (κ1) is 12.4. The molecule has 3 unspecified atom stereocenters. The third-order valence-corrected chi connectivity index (χ3v) is 4.54. The molecule has 0 spiro atoms. The molecule has 3 atom stereocenters. The summed E-state index contributed by atoms with van der Waals surface area (Å²) in [4.78, 5) is 0. The van der Waals surface area contributed by atoms with E-state index in [0.717, 1.165) is 23.8 Å². The third-order valence-electron chi connectivity index (χ3n) is 4.54. The maximum atomic E-state index is 3.82. The Hall–Kier alpha value is -0.0400. The summed E-state index contributed by atoms with van der Waals surface area (Å²) in [5.74, 6) is 3.07. The molecule has 1 heteroatoms. The summed E-state index contributed by atoms with van der Waals surface area (Å²) in [5.41, 5.74) is 0. The van der Waals surface area contributed by atoms with Crippen LogP contribution >= 0.6 is 0 Å². The van der Waals surface area contributed by atoms with Crippen molar-refractivity contribution in [2.75, 3.05) is 6.54 Å². The molecule has 0 bridgehead atoms. The van der Waals surface area contributed by atoms with Gasteiger partial charge in [-0.05, 0) is 56.4 Å². The molecule has 0 radical (unpaired) electrons. The van der Waals surface area contributed by atoms with Crippen molar-refractivity contribution >= 4 is 0 Å². The zero-order valence-electron chi connectivity index (χ0n) is 11.2. The molecule has 2 aliphatic rings. The van der Waals surface area contributed by atoms with Crippen molar-refractivity contribution in [1.29, 1.82) is 0 Å². The van der Waals surface area contributed by atoms with E-state index in [1.165, 1.54) is 57.9 Å². The molecule has 0 aromatic rings. The maximum absolute atomic E-state index is 3.82. The van der Waals surface area contributed by atoms with Gasteiger partial charge in [0.1, 0.15) is 0 Å². The summed E-state index contributed by atoms with van der Waals surface area (Å²) >= 11 is 0. The second-order valence-electron chi connectivity index (χ2n) is 6.26. The highest BCUT2D eigenvalue weighted by Crippen LogP contribution is 2.38. The van der Waals surface area contributed by atoms with Gasteiger partial charge in [-0.2, -0.15) is 0 Å². The molecule has 2 fully saturated rings. The number of hydrogen-bond donors (Lipinski definition) is 1. The quantitative estimate of drug-likeness (QED) is 0.688. The Kier molecular flexibility index (Phi) is 4.69. The van der Waals surface area contributed by atoms with Crippen molar-refractivity contribution in [1.82, 2.24) is 5.32 Å². The summed E-state index contributed by atoms with van der Waals surface area (Å²) in [6.45, 7) is 5.93. The molecule has 16 heavy (non-hydrogen) atoms. The molecule has 0 aromatic carbocycles. The third kappa shape index (κ3) is 3.76. The smallest absolute Gasteiger partial charge is 0.00955 e. The summed E-state index contributed by atoms with van der Waals surface area (Å²) in [6, 6.07) is 0.838. The van der Waals surface area contributed by atoms with E-state index in [2.05, 4.69) is 19.2 Å². The van der Waals surface area contributed by atoms with Gasteiger partial charge in [0.25, 0.3) is 0 Å². The molecule has 1 nitrogen and oxygen atoms in total. The molecule has 2 rings (SSSR count). The lowest BCUT2D eigenvalue weighted by atomic mass is 9.92. The van der Waals surface area contributed by atoms with Crippen LogP contribution in [0.4, 0.5) is 0 Å². The van der Waals surface area contributed by atoms with E-state index in [0.29, 0.717) is 0 Å². The Morgan fingerprint density at radius 2 is 2.00 bits per heavy atom. The van der Waals surface area contributed by atoms with Crippen LogP contribution in [0.5, 0.6) is 0 Å². The molecular formula is C15H29N. The van der Waals surface area contributed by atoms with Crippen LogP contribution in [0.25, 0.3) is 0 Å². The van der Waals surface area contributed by atoms with Crippen LogP contribution < -0.4 is 5.32 Å². The van der Waals surface area contributed by atoms with E-state index in [-0.39, 0.29) is 0 Å². The molecule has 94 valence electrons. The monoisotopic (exact) mass is 223 g/mol. The average Bonchev–Trinajstić information content (AvgIpc) is 3.01. The predicted octanol–water partition coefficient (Wildman–Crippen LogP) is 3.98. The lowest BCUT2D eigenvalue weighted by molar-refractivity contribution is 0.323. The van der Waals surface area contributed by atoms with Crippen LogP contribution in [0.3, 0.4) is 0 Å². The molecular weight excluding hydrogens is 194 g/mol. The van der Waals surface area contributed by atoms with Gasteiger partial charge in [0.2, 0.25) is 0 Å². The van der Waals surface area contributed by atoms with Crippen molar-refractivity contribution in [3.8, 4) is 0 Å². The van der Waals surface area contributed by atoms with E-state index < -0.39 is 0 Å². The van der Waals surface area contributed by atoms with Crippen molar-refractivity contribution in [2.45, 2.75) is 71.3 Å². The zero-order valence-corrected chi connectivity index (χ0v) is 11.2. The van der Waals surface area contributed by atoms with Crippen LogP contribution in [-0.4, -0.2) is 12.6 Å². The fourth-order valence-electron chi connectivity index (χ4n) is 3.27. The van der Waals surface area contributed by atoms with Crippen LogP contribution in [-0.2, 0) is 0 Å². The van der Waals surface area contributed by atoms with Gasteiger partial charge in [0, 0.05) is 6.04 Å². The van der Waals surface area contributed by atoms with Crippen molar-refractivity contribution < 1.29 is 0 Å². The fourth-order valence-corrected chi connectivity index (χ4v) is 3.27. The Balaban J connectivity index is 1.75. The van der Waals surface area contributed by atoms with Gasteiger partial charge in [0.05, 0.1) is 0 Å². The zero-order chi connectivity index (χ0) is 11.4. The minimum atomic E-state index is 0.838. The topological polar surface area (TPSA) is 12.0 Å². The fraction of sp³-hybridized carbons (Fsp3) is 1.00. The van der Waals surface area contributed by atoms with Crippen molar-refractivity contribution in [2.24, 2.45) is 17.8 Å². The Labute approximate surface area is 101 Å². The van der Waals surface area contributed by atoms with E-state index >= 15 is 0 Å². The second-order valence-corrected chi connectivity index (χ2v) is 6.26. The Morgan fingerprint density at radius 1 is 1.19 bits per heavy atom. The predicted molar refractivity (Wildman–Crippen MR) is 70.5 cm³/mol. The molecule has 2 saturated carbocycles. The van der Waals surface area contributed by atoms with Gasteiger partial charge in [-0.3, -0.25) is 0 Å². The first-order valence-corrected chi connectivity index (χ1v) is 7.53. The van der Waals surface area contributed by atoms with Crippen LogP contribution in [0.15, 0.2) is 0 Å². The van der Waals surface area contributed by atoms with E-state index in [9.17, 15) is 0 Å². The number of hydrogen-bond acceptors (Lipinski definition) is 1. The van der Waals surface area contributed by atoms with Gasteiger partial charge in [-0.25, -0.2) is 0 Å². The molecule has 2 aliphatic carbocycles. The lowest BCUT2D eigenvalue weighted by Gasteiger charge is -2.25. The maximum Gasteiger partial charge on any atom is 0.00955 e. The van der Waals surface area contributed by atoms with Crippen LogP contribution in [0.1, 0.15) is 65.2 Å². The van der Waals surface area contributed by atoms with Crippen molar-refractivity contribution in [3.05, 3.63) is 0 Å². The second kappa shape index (κ2) is 6.05. The highest BCUT2D eigenvalue weighted by Gasteiger charge is 2.30. The van der Waals surface area contributed by atoms with Gasteiger partial charge >= 0.3 is 0 Å². The molecule has 0 aromatic heterocycles. The SMILES string of the molecule is CCCNC(CCC1CC1)C1CCC(C)C1. The summed E-state index contributed by atoms with van der Waals surface area (Å²) < 4.78 is 0. The van der Waals surface area contributed by atoms with E-state index in [4.69, 9.17) is 0 Å². The van der Waals surface area contributed by atoms with Crippen LogP contribution in [0, 0.1) is 17.8 Å². The average molecular weight is 223 g/mol. The van der Waals surface area contributed by atoms with Gasteiger partial charge < -0.3 is 5.32 Å². The molecule has 0 saturated heterocycles. The van der Waals surface area contributed by atoms with E-state index in [1.54, 1.807) is 0 Å². The standard InChI is InChI=1S/C15H29N/c1-3-10-16-15(9-7-13-5-6-13)14-8-4-12(2)11-14/h12-16H,3-11H2,1-2H3. The number of rotatable bonds is 7. The minimum absolute atomic E-state index is 0.838. The number of nitrogens with one attached hydrogen (secondary N) is 1. The molecule has 0 heterocycles. The summed E-state index contributed by atoms with van der Waals surface area (Å²) in [7, 11) is 0. The van der Waals surface area contributed by atoms with Crippen LogP contribution in [0.2, 0.25) is 0 Å². The van der Waals surface area contributed by atoms with Crippen molar-refractivity contribution in [3.63, 3.8) is 0 Å². The summed E-state index contributed by atoms with van der Waals surface area (Å²) in [6.07, 6.45) is 11.7. The minimum Gasteiger partial charge on any atom is -0.314 e. The highest BCUT2D eigenvalue weighted by molar-refractivity contribution is 4.85. The van der Waals surface area contributed by atoms with Gasteiger partial charge in [0.15, 0.2) is 0 Å². The first-order valence-electron chi connectivity index (χ1n) is 7.53. The highest BCUT2D eigenvalue weighted by atomic mass is 14.9. The van der Waals surface area contributed by atoms with E-state index in [1.807, 2.05) is 0 Å². The normalized spacial score (nSPS) is 31.9. The Morgan fingerprint density at radius 3 is 2.56 bits per heavy atom. The van der Waals surface area contributed by atoms with Gasteiger partial charge in [-0.1, -0.05) is 33.1 Å². The first-order chi connectivity index (χ1) is 7.79. The lowest BCUT2D eigenvalue weighted by Crippen LogP contribution is -2.35. The molecule has 1 N–H and O–H groups in total. The largest absolute Gasteiger partial charge is 0.314 e. The van der Waals surface area contributed by atoms with Gasteiger partial charge in [-0.15, -0.1) is 0 Å².